The number of nitrogens with one attached hydrogen (secondary N) is 1. The van der Waals surface area contributed by atoms with Gasteiger partial charge < -0.3 is 20.7 Å². The first-order valence-electron chi connectivity index (χ1n) is 8.84. The van der Waals surface area contributed by atoms with Crippen molar-refractivity contribution in [2.75, 3.05) is 22.5 Å². The van der Waals surface area contributed by atoms with Gasteiger partial charge in [-0.15, -0.1) is 13.2 Å². The van der Waals surface area contributed by atoms with E-state index < -0.39 is 6.36 Å². The van der Waals surface area contributed by atoms with Gasteiger partial charge in [-0.2, -0.15) is 0 Å². The van der Waals surface area contributed by atoms with Gasteiger partial charge in [0.05, 0.1) is 0 Å². The molecular formula is C20H20F3N5O. The predicted molar refractivity (Wildman–Crippen MR) is 107 cm³/mol. The van der Waals surface area contributed by atoms with Crippen LogP contribution in [0.25, 0.3) is 0 Å². The van der Waals surface area contributed by atoms with Crippen LogP contribution in [0.4, 0.5) is 41.9 Å². The van der Waals surface area contributed by atoms with E-state index in [0.29, 0.717) is 29.6 Å². The summed E-state index contributed by atoms with van der Waals surface area (Å²) in [6.45, 7) is 4.61. The first-order valence-corrected chi connectivity index (χ1v) is 8.84. The topological polar surface area (TPSA) is 76.3 Å². The highest BCUT2D eigenvalue weighted by Crippen LogP contribution is 2.33. The summed E-state index contributed by atoms with van der Waals surface area (Å²) in [6.07, 6.45) is -3.35. The maximum atomic E-state index is 12.3. The highest BCUT2D eigenvalue weighted by Gasteiger charge is 2.31. The van der Waals surface area contributed by atoms with Crippen molar-refractivity contribution < 1.29 is 17.9 Å². The molecule has 152 valence electrons. The zero-order valence-electron chi connectivity index (χ0n) is 15.9. The average Bonchev–Trinajstić information content (AvgIpc) is 2.66. The first-order chi connectivity index (χ1) is 13.8. The number of nitrogen functional groups attached to an aromatic ring is 1. The van der Waals surface area contributed by atoms with Crippen LogP contribution in [0.5, 0.6) is 5.75 Å². The molecule has 0 saturated carbocycles. The van der Waals surface area contributed by atoms with Crippen LogP contribution in [0.15, 0.2) is 54.9 Å². The van der Waals surface area contributed by atoms with Crippen molar-refractivity contribution in [1.29, 1.82) is 0 Å². The molecule has 0 aliphatic heterocycles. The maximum Gasteiger partial charge on any atom is 0.573 e. The molecule has 0 radical (unpaired) electrons. The van der Waals surface area contributed by atoms with Gasteiger partial charge in [0.15, 0.2) is 11.6 Å². The van der Waals surface area contributed by atoms with Crippen molar-refractivity contribution >= 4 is 28.7 Å². The predicted octanol–water partition coefficient (Wildman–Crippen LogP) is 5.17. The third-order valence-corrected chi connectivity index (χ3v) is 4.10. The average molecular weight is 403 g/mol. The molecule has 0 aliphatic rings. The number of alkyl halides is 3. The van der Waals surface area contributed by atoms with E-state index in [9.17, 15) is 13.2 Å². The van der Waals surface area contributed by atoms with Crippen molar-refractivity contribution in [2.45, 2.75) is 20.2 Å². The van der Waals surface area contributed by atoms with Gasteiger partial charge in [-0.1, -0.05) is 12.1 Å². The fraction of sp³-hybridized carbons (Fsp3) is 0.200. The number of hydrogen-bond acceptors (Lipinski definition) is 6. The molecule has 0 bridgehead atoms. The Kier molecular flexibility index (Phi) is 5.76. The lowest BCUT2D eigenvalue weighted by atomic mass is 10.2. The van der Waals surface area contributed by atoms with Crippen LogP contribution in [0.3, 0.4) is 0 Å². The second-order valence-corrected chi connectivity index (χ2v) is 6.24. The molecule has 0 spiro atoms. The van der Waals surface area contributed by atoms with E-state index in [1.807, 2.05) is 43.0 Å². The largest absolute Gasteiger partial charge is 0.573 e. The molecule has 1 heterocycles. The molecule has 9 heteroatoms. The second kappa shape index (κ2) is 8.26. The second-order valence-electron chi connectivity index (χ2n) is 6.24. The Hall–Kier alpha value is -3.49. The van der Waals surface area contributed by atoms with Gasteiger partial charge in [0.25, 0.3) is 0 Å². The standard InChI is InChI=1S/C20H20F3N5O/c1-3-28(15-6-4-5-13(2)11-15)19-17(24)18(25-12-26-19)27-14-7-9-16(10-8-14)29-20(21,22)23/h4-12H,3,24H2,1-2H3,(H,25,26,27). The first kappa shape index (κ1) is 20.2. The Balaban J connectivity index is 1.85. The van der Waals surface area contributed by atoms with Gasteiger partial charge in [-0.25, -0.2) is 9.97 Å². The SMILES string of the molecule is CCN(c1cccc(C)c1)c1ncnc(Nc2ccc(OC(F)(F)F)cc2)c1N. The maximum absolute atomic E-state index is 12.3. The summed E-state index contributed by atoms with van der Waals surface area (Å²) in [7, 11) is 0. The normalized spacial score (nSPS) is 11.2. The molecule has 29 heavy (non-hydrogen) atoms. The van der Waals surface area contributed by atoms with Crippen molar-refractivity contribution in [3.8, 4) is 5.75 Å². The molecule has 0 atom stereocenters. The van der Waals surface area contributed by atoms with E-state index in [4.69, 9.17) is 5.73 Å². The summed E-state index contributed by atoms with van der Waals surface area (Å²) in [5.74, 6) is 0.578. The molecule has 2 aromatic carbocycles. The van der Waals surface area contributed by atoms with Gasteiger partial charge in [-0.05, 0) is 55.8 Å². The Morgan fingerprint density at radius 3 is 2.45 bits per heavy atom. The Bertz CT molecular complexity index is 977. The van der Waals surface area contributed by atoms with Crippen LogP contribution >= 0.6 is 0 Å². The van der Waals surface area contributed by atoms with E-state index in [1.165, 1.54) is 30.6 Å². The van der Waals surface area contributed by atoms with Gasteiger partial charge in [-0.3, -0.25) is 0 Å². The number of aryl methyl sites for hydroxylation is 1. The molecule has 0 aliphatic carbocycles. The number of nitrogens with zero attached hydrogens (tertiary/aromatic N) is 3. The number of halogens is 3. The molecule has 0 fully saturated rings. The number of hydrogen-bond donors (Lipinski definition) is 2. The molecule has 3 N–H and O–H groups in total. The molecule has 0 amide bonds. The molecule has 1 aromatic heterocycles. The van der Waals surface area contributed by atoms with Crippen molar-refractivity contribution in [1.82, 2.24) is 9.97 Å². The summed E-state index contributed by atoms with van der Waals surface area (Å²) in [5, 5.41) is 3.00. The van der Waals surface area contributed by atoms with E-state index in [0.717, 1.165) is 11.3 Å². The summed E-state index contributed by atoms with van der Waals surface area (Å²) < 4.78 is 40.7. The Morgan fingerprint density at radius 2 is 1.83 bits per heavy atom. The quantitative estimate of drug-likeness (QED) is 0.592. The van der Waals surface area contributed by atoms with Crippen LogP contribution in [0.2, 0.25) is 0 Å². The molecule has 3 rings (SSSR count). The van der Waals surface area contributed by atoms with Crippen molar-refractivity contribution in [3.05, 3.63) is 60.4 Å². The van der Waals surface area contributed by atoms with E-state index in [2.05, 4.69) is 20.0 Å². The summed E-state index contributed by atoms with van der Waals surface area (Å²) >= 11 is 0. The number of anilines is 5. The number of benzene rings is 2. The van der Waals surface area contributed by atoms with Gasteiger partial charge in [0.1, 0.15) is 17.8 Å². The smallest absolute Gasteiger partial charge is 0.406 e. The minimum Gasteiger partial charge on any atom is -0.406 e. The Morgan fingerprint density at radius 1 is 1.10 bits per heavy atom. The van der Waals surface area contributed by atoms with E-state index in [-0.39, 0.29) is 5.75 Å². The van der Waals surface area contributed by atoms with E-state index >= 15 is 0 Å². The zero-order chi connectivity index (χ0) is 21.0. The van der Waals surface area contributed by atoms with Gasteiger partial charge in [0, 0.05) is 17.9 Å². The highest BCUT2D eigenvalue weighted by atomic mass is 19.4. The monoisotopic (exact) mass is 403 g/mol. The minimum absolute atomic E-state index is 0.309. The van der Waals surface area contributed by atoms with Crippen LogP contribution < -0.4 is 20.7 Å². The van der Waals surface area contributed by atoms with Crippen molar-refractivity contribution in [3.63, 3.8) is 0 Å². The van der Waals surface area contributed by atoms with Crippen LogP contribution in [-0.2, 0) is 0 Å². The fourth-order valence-corrected chi connectivity index (χ4v) is 2.83. The summed E-state index contributed by atoms with van der Waals surface area (Å²) in [5.41, 5.74) is 9.17. The lowest BCUT2D eigenvalue weighted by Gasteiger charge is -2.24. The highest BCUT2D eigenvalue weighted by molar-refractivity contribution is 5.81. The van der Waals surface area contributed by atoms with Crippen LogP contribution in [0, 0.1) is 6.92 Å². The Labute approximate surface area is 166 Å². The summed E-state index contributed by atoms with van der Waals surface area (Å²) in [4.78, 5) is 10.4. The molecular weight excluding hydrogens is 383 g/mol. The molecule has 3 aromatic rings. The third kappa shape index (κ3) is 5.07. The van der Waals surface area contributed by atoms with E-state index in [1.54, 1.807) is 0 Å². The molecule has 0 saturated heterocycles. The van der Waals surface area contributed by atoms with Crippen LogP contribution in [0.1, 0.15) is 12.5 Å². The van der Waals surface area contributed by atoms with Gasteiger partial charge >= 0.3 is 6.36 Å². The fourth-order valence-electron chi connectivity index (χ4n) is 2.83. The van der Waals surface area contributed by atoms with Crippen LogP contribution in [-0.4, -0.2) is 22.9 Å². The lowest BCUT2D eigenvalue weighted by molar-refractivity contribution is -0.274. The number of aromatic nitrogens is 2. The lowest BCUT2D eigenvalue weighted by Crippen LogP contribution is -2.20. The third-order valence-electron chi connectivity index (χ3n) is 4.10. The summed E-state index contributed by atoms with van der Waals surface area (Å²) in [6, 6.07) is 13.2. The minimum atomic E-state index is -4.74. The number of rotatable bonds is 6. The number of ether oxygens (including phenoxy) is 1. The zero-order valence-corrected chi connectivity index (χ0v) is 15.9. The molecule has 6 nitrogen and oxygen atoms in total. The van der Waals surface area contributed by atoms with Gasteiger partial charge in [0.2, 0.25) is 0 Å². The van der Waals surface area contributed by atoms with Crippen molar-refractivity contribution in [2.24, 2.45) is 0 Å². The number of nitrogens with two attached hydrogens (primary N) is 1. The molecule has 0 unspecified atom stereocenters.